The quantitative estimate of drug-likeness (QED) is 0.152. The van der Waals surface area contributed by atoms with Gasteiger partial charge in [-0.05, 0) is 122 Å². The van der Waals surface area contributed by atoms with Gasteiger partial charge < -0.3 is 27.8 Å². The van der Waals surface area contributed by atoms with E-state index in [0.29, 0.717) is 11.8 Å². The van der Waals surface area contributed by atoms with Crippen LogP contribution in [0.3, 0.4) is 0 Å². The molecule has 5 aromatic heterocycles. The van der Waals surface area contributed by atoms with E-state index in [0.717, 1.165) is 51.8 Å². The molecule has 6 nitrogen and oxygen atoms in total. The number of ether oxygens (including phenoxy) is 1. The fourth-order valence-electron chi connectivity index (χ4n) is 17.1. The molecule has 84 heavy (non-hydrogen) atoms. The van der Waals surface area contributed by atoms with Gasteiger partial charge in [0.2, 0.25) is 0 Å². The number of benzene rings is 9. The second-order valence-corrected chi connectivity index (χ2v) is 24.9. The van der Waals surface area contributed by atoms with E-state index >= 15 is 0 Å². The minimum atomic E-state index is -0.0121. The predicted octanol–water partition coefficient (Wildman–Crippen LogP) is 20.5. The Balaban J connectivity index is 0.807. The van der Waals surface area contributed by atoms with Gasteiger partial charge in [-0.2, -0.15) is 0 Å². The van der Waals surface area contributed by atoms with Crippen LogP contribution in [0.15, 0.2) is 216 Å². The summed E-state index contributed by atoms with van der Waals surface area (Å²) in [5.41, 5.74) is 20.6. The van der Waals surface area contributed by atoms with Gasteiger partial charge in [0.1, 0.15) is 17.4 Å². The summed E-state index contributed by atoms with van der Waals surface area (Å²) in [6.07, 6.45) is 23.3. The largest absolute Gasteiger partial charge is 0.483 e. The van der Waals surface area contributed by atoms with Crippen molar-refractivity contribution in [3.63, 3.8) is 0 Å². The molecule has 2 saturated carbocycles. The molecule has 6 heterocycles. The van der Waals surface area contributed by atoms with Crippen LogP contribution in [0, 0.1) is 5.92 Å². The molecule has 0 N–H and O–H groups in total. The van der Waals surface area contributed by atoms with Crippen molar-refractivity contribution in [1.29, 1.82) is 0 Å². The van der Waals surface area contributed by atoms with E-state index in [4.69, 9.17) is 9.15 Å². The predicted molar refractivity (Wildman–Crippen MR) is 348 cm³/mol. The monoisotopic (exact) mass is 1090 g/mol. The minimum Gasteiger partial charge on any atom is -0.483 e. The van der Waals surface area contributed by atoms with E-state index < -0.39 is 0 Å². The van der Waals surface area contributed by atoms with Crippen molar-refractivity contribution in [3.8, 4) is 5.75 Å². The number of aromatic nitrogens is 2. The van der Waals surface area contributed by atoms with Crippen LogP contribution in [0.2, 0.25) is 0 Å². The molecule has 4 aliphatic carbocycles. The van der Waals surface area contributed by atoms with Crippen LogP contribution >= 0.6 is 0 Å². The highest BCUT2D eigenvalue weighted by molar-refractivity contribution is 6.29. The Labute approximate surface area is 487 Å². The number of para-hydroxylation sites is 7. The van der Waals surface area contributed by atoms with Gasteiger partial charge in [0.15, 0.2) is 5.58 Å². The highest BCUT2D eigenvalue weighted by Gasteiger charge is 2.42. The van der Waals surface area contributed by atoms with Crippen molar-refractivity contribution in [2.24, 2.45) is 5.92 Å². The van der Waals surface area contributed by atoms with E-state index in [1.165, 1.54) is 168 Å². The van der Waals surface area contributed by atoms with Crippen LogP contribution in [0.5, 0.6) is 5.75 Å². The van der Waals surface area contributed by atoms with E-state index in [9.17, 15) is 0 Å². The summed E-state index contributed by atoms with van der Waals surface area (Å²) >= 11 is 0. The summed E-state index contributed by atoms with van der Waals surface area (Å²) in [6.45, 7) is 0. The summed E-state index contributed by atoms with van der Waals surface area (Å²) in [7, 11) is 0. The third kappa shape index (κ3) is 6.57. The molecular formula is C78H62N4O2. The van der Waals surface area contributed by atoms with Crippen LogP contribution in [0.1, 0.15) is 105 Å². The first-order valence-electron chi connectivity index (χ1n) is 31.1. The second-order valence-electron chi connectivity index (χ2n) is 24.9. The maximum atomic E-state index is 7.39. The van der Waals surface area contributed by atoms with Gasteiger partial charge in [-0.15, -0.1) is 0 Å². The summed E-state index contributed by atoms with van der Waals surface area (Å²) in [4.78, 5) is 5.10. The number of hydrogen-bond donors (Lipinski definition) is 0. The van der Waals surface area contributed by atoms with E-state index in [2.05, 4.69) is 231 Å². The lowest BCUT2D eigenvalue weighted by molar-refractivity contribution is 0.227. The zero-order valence-electron chi connectivity index (χ0n) is 47.0. The van der Waals surface area contributed by atoms with E-state index in [-0.39, 0.29) is 18.1 Å². The molecule has 0 radical (unpaired) electrons. The fraction of sp³-hybridized carbons (Fsp3) is 0.205. The Bertz CT molecular complexity index is 5140. The number of allylic oxidation sites excluding steroid dienone is 2. The Morgan fingerprint density at radius 3 is 1.89 bits per heavy atom. The molecule has 3 unspecified atom stereocenters. The molecule has 2 fully saturated rings. The molecule has 0 amide bonds. The number of anilines is 5. The molecule has 6 heteroatoms. The molecule has 3 atom stereocenters. The van der Waals surface area contributed by atoms with Crippen LogP contribution in [0.4, 0.5) is 28.4 Å². The van der Waals surface area contributed by atoms with Crippen molar-refractivity contribution < 1.29 is 9.15 Å². The lowest BCUT2D eigenvalue weighted by Gasteiger charge is -2.35. The number of hydrogen-bond acceptors (Lipinski definition) is 4. The van der Waals surface area contributed by atoms with Crippen molar-refractivity contribution in [2.45, 2.75) is 94.6 Å². The van der Waals surface area contributed by atoms with Gasteiger partial charge in [0.25, 0.3) is 0 Å². The number of furan rings is 1. The molecule has 1 aliphatic heterocycles. The standard InChI is InChI=1S/C78H62N4O2/c1-5-21-47(22-6-1)51-31-17-33-55-57-35-19-39-67(77(57)83-75(51)55)79(49-25-9-3-10-26-49)65-43-41-53-61-45-70-62(46-69(61)81-63-37-15-13-29-59(63)71(65)73(53)81)54-42-44-66(72-60-30-14-16-38-64(60)82(70)74(54)72)80(50-27-11-4-12-28-50)68-40-20-36-58-56-34-18-32-52(76(56)84-78(58)68)48-23-7-2-8-24-48/h3-4,9-20,25-43,45-48,55,66,75H,1-2,5-8,21-24,44H2. The Morgan fingerprint density at radius 2 is 1.08 bits per heavy atom. The molecule has 9 aromatic carbocycles. The lowest BCUT2D eigenvalue weighted by Crippen LogP contribution is -2.28. The maximum absolute atomic E-state index is 7.39. The smallest absolute Gasteiger partial charge is 0.159 e. The summed E-state index contributed by atoms with van der Waals surface area (Å²) < 4.78 is 19.9. The Kier molecular flexibility index (Phi) is 10.2. The fourth-order valence-corrected chi connectivity index (χ4v) is 17.1. The van der Waals surface area contributed by atoms with E-state index in [1.54, 1.807) is 0 Å². The lowest BCUT2D eigenvalue weighted by atomic mass is 9.76. The van der Waals surface area contributed by atoms with Crippen LogP contribution in [-0.2, 0) is 0 Å². The van der Waals surface area contributed by atoms with Crippen molar-refractivity contribution in [2.75, 3.05) is 9.80 Å². The zero-order chi connectivity index (χ0) is 54.7. The molecule has 5 aliphatic rings. The molecule has 0 spiro atoms. The van der Waals surface area contributed by atoms with Gasteiger partial charge >= 0.3 is 0 Å². The first kappa shape index (κ1) is 47.3. The third-order valence-electron chi connectivity index (χ3n) is 20.7. The third-order valence-corrected chi connectivity index (χ3v) is 20.7. The number of nitrogens with zero attached hydrogens (tertiary/aromatic N) is 4. The van der Waals surface area contributed by atoms with Crippen molar-refractivity contribution >= 4 is 122 Å². The average Bonchev–Trinajstić information content (AvgIpc) is 2.48. The summed E-state index contributed by atoms with van der Waals surface area (Å²) in [5, 5.41) is 11.3. The Morgan fingerprint density at radius 1 is 0.452 bits per heavy atom. The second kappa shape index (κ2) is 18.1. The highest BCUT2D eigenvalue weighted by Crippen LogP contribution is 2.56. The minimum absolute atomic E-state index is 0.0121. The van der Waals surface area contributed by atoms with Gasteiger partial charge in [-0.25, -0.2) is 0 Å². The normalized spacial score (nSPS) is 19.1. The molecule has 406 valence electrons. The van der Waals surface area contributed by atoms with Gasteiger partial charge in [0.05, 0.1) is 56.2 Å². The van der Waals surface area contributed by atoms with Gasteiger partial charge in [-0.1, -0.05) is 184 Å². The average molecular weight is 1090 g/mol. The molecule has 0 saturated heterocycles. The molecule has 0 bridgehead atoms. The van der Waals surface area contributed by atoms with Crippen LogP contribution in [-0.4, -0.2) is 14.9 Å². The Hall–Kier alpha value is -9.26. The van der Waals surface area contributed by atoms with Crippen LogP contribution < -0.4 is 19.8 Å². The first-order valence-corrected chi connectivity index (χ1v) is 31.1. The number of fused-ring (bicyclic) bond motifs is 18. The summed E-state index contributed by atoms with van der Waals surface area (Å²) in [5.74, 6) is 2.31. The number of rotatable bonds is 8. The van der Waals surface area contributed by atoms with E-state index in [1.807, 2.05) is 0 Å². The first-order chi connectivity index (χ1) is 41.7. The van der Waals surface area contributed by atoms with Crippen molar-refractivity contribution in [1.82, 2.24) is 8.80 Å². The van der Waals surface area contributed by atoms with Gasteiger partial charge in [0, 0.05) is 76.7 Å². The topological polar surface area (TPSA) is 37.7 Å². The van der Waals surface area contributed by atoms with Gasteiger partial charge in [-0.3, -0.25) is 0 Å². The maximum Gasteiger partial charge on any atom is 0.159 e. The highest BCUT2D eigenvalue weighted by atomic mass is 16.5. The molecular weight excluding hydrogens is 1020 g/mol. The SMILES string of the molecule is C1=CC2c3cccc(N(c4ccccc4)c4ccc5c6cc7c(cc6n6c8ccccc8c4c56)c4c5c(c6ccccc6n57)C(N(c5ccccc5)c5cccc6c5oc5c(C7CCCCC7)cccc56)CC=4)c3OC2C(C2CCCCC2)=C1. The van der Waals surface area contributed by atoms with Crippen molar-refractivity contribution in [3.05, 3.63) is 234 Å². The summed E-state index contributed by atoms with van der Waals surface area (Å²) in [6, 6.07) is 70.7. The zero-order valence-corrected chi connectivity index (χ0v) is 47.0. The van der Waals surface area contributed by atoms with Crippen LogP contribution in [0.25, 0.3) is 93.4 Å². The molecule has 14 aromatic rings. The molecule has 19 rings (SSSR count).